The van der Waals surface area contributed by atoms with Crippen molar-refractivity contribution in [2.45, 2.75) is 0 Å². The molecule has 3 aromatic carbocycles. The van der Waals surface area contributed by atoms with Crippen molar-refractivity contribution < 1.29 is 0 Å². The van der Waals surface area contributed by atoms with Crippen molar-refractivity contribution in [3.8, 4) is 10.6 Å². The van der Waals surface area contributed by atoms with Gasteiger partial charge in [0, 0.05) is 10.1 Å². The number of benzene rings is 3. The van der Waals surface area contributed by atoms with Crippen LogP contribution in [-0.2, 0) is 0 Å². The molecule has 5 aromatic rings. The highest BCUT2D eigenvalue weighted by molar-refractivity contribution is 7.23. The van der Waals surface area contributed by atoms with Gasteiger partial charge in [-0.15, -0.1) is 11.3 Å². The quantitative estimate of drug-likeness (QED) is 0.429. The molecule has 0 aliphatic heterocycles. The summed E-state index contributed by atoms with van der Waals surface area (Å²) in [5.74, 6) is 0. The van der Waals surface area contributed by atoms with Gasteiger partial charge in [0.2, 0.25) is 0 Å². The van der Waals surface area contributed by atoms with Gasteiger partial charge in [0.25, 0.3) is 0 Å². The first-order valence-electron chi connectivity index (χ1n) is 7.25. The lowest BCUT2D eigenvalue weighted by Gasteiger charge is -1.97. The Kier molecular flexibility index (Phi) is 2.40. The van der Waals surface area contributed by atoms with Gasteiger partial charge in [0.05, 0.1) is 10.4 Å². The van der Waals surface area contributed by atoms with Gasteiger partial charge < -0.3 is 0 Å². The zero-order valence-electron chi connectivity index (χ0n) is 11.7. The van der Waals surface area contributed by atoms with E-state index in [-0.39, 0.29) is 0 Å². The van der Waals surface area contributed by atoms with E-state index in [2.05, 4.69) is 70.9 Å². The van der Waals surface area contributed by atoms with Crippen LogP contribution < -0.4 is 0 Å². The van der Waals surface area contributed by atoms with Crippen molar-refractivity contribution in [2.24, 2.45) is 0 Å². The average molecular weight is 300 g/mol. The fraction of sp³-hybridized carbons (Fsp3) is 0. The lowest BCUT2D eigenvalue weighted by Crippen LogP contribution is -1.71. The second-order valence-corrected chi connectivity index (χ2v) is 6.49. The molecule has 0 spiro atoms. The summed E-state index contributed by atoms with van der Waals surface area (Å²) >= 11 is 1.82. The number of H-pyrrole nitrogens is 1. The van der Waals surface area contributed by atoms with Crippen LogP contribution in [0.4, 0.5) is 0 Å². The molecule has 3 heteroatoms. The summed E-state index contributed by atoms with van der Waals surface area (Å²) in [4.78, 5) is 1.21. The lowest BCUT2D eigenvalue weighted by atomic mass is 10.1. The van der Waals surface area contributed by atoms with Crippen molar-refractivity contribution in [1.29, 1.82) is 0 Å². The summed E-state index contributed by atoms with van der Waals surface area (Å²) in [6, 6.07) is 23.5. The largest absolute Gasteiger partial charge is 0.277 e. The van der Waals surface area contributed by atoms with Gasteiger partial charge in [-0.05, 0) is 28.3 Å². The first-order valence-corrected chi connectivity index (χ1v) is 8.06. The number of nitrogens with zero attached hydrogens (tertiary/aromatic N) is 1. The van der Waals surface area contributed by atoms with E-state index >= 15 is 0 Å². The average Bonchev–Trinajstić information content (AvgIpc) is 3.18. The highest BCUT2D eigenvalue weighted by Gasteiger charge is 2.12. The standard InChI is InChI=1S/C19H12N2S/c1-2-6-14-12(5-1)9-10-13-11-17(22-19(13)14)18-15-7-3-4-8-16(15)20-21-18/h1-11H,(H,20,21). The van der Waals surface area contributed by atoms with Gasteiger partial charge in [-0.25, -0.2) is 0 Å². The van der Waals surface area contributed by atoms with Crippen LogP contribution in [0.25, 0.3) is 42.3 Å². The van der Waals surface area contributed by atoms with Crippen molar-refractivity contribution in [3.63, 3.8) is 0 Å². The zero-order chi connectivity index (χ0) is 14.5. The van der Waals surface area contributed by atoms with Crippen LogP contribution in [0.1, 0.15) is 0 Å². The number of fused-ring (bicyclic) bond motifs is 4. The van der Waals surface area contributed by atoms with Crippen LogP contribution in [0, 0.1) is 0 Å². The lowest BCUT2D eigenvalue weighted by molar-refractivity contribution is 1.13. The van der Waals surface area contributed by atoms with Crippen LogP contribution in [-0.4, -0.2) is 10.2 Å². The predicted molar refractivity (Wildman–Crippen MR) is 94.4 cm³/mol. The molecular weight excluding hydrogens is 288 g/mol. The molecule has 2 aromatic heterocycles. The Morgan fingerprint density at radius 3 is 2.50 bits per heavy atom. The second kappa shape index (κ2) is 4.42. The van der Waals surface area contributed by atoms with Crippen molar-refractivity contribution >= 4 is 43.1 Å². The maximum Gasteiger partial charge on any atom is 0.110 e. The molecule has 0 bridgehead atoms. The summed E-state index contributed by atoms with van der Waals surface area (Å²) in [6.07, 6.45) is 0. The topological polar surface area (TPSA) is 28.7 Å². The summed E-state index contributed by atoms with van der Waals surface area (Å²) in [7, 11) is 0. The third kappa shape index (κ3) is 1.63. The first kappa shape index (κ1) is 12.0. The number of hydrogen-bond acceptors (Lipinski definition) is 2. The summed E-state index contributed by atoms with van der Waals surface area (Å²) in [5, 5.41) is 12.7. The monoisotopic (exact) mass is 300 g/mol. The Hall–Kier alpha value is -2.65. The van der Waals surface area contributed by atoms with Gasteiger partial charge in [-0.1, -0.05) is 54.6 Å². The smallest absolute Gasteiger partial charge is 0.110 e. The van der Waals surface area contributed by atoms with E-state index in [1.165, 1.54) is 31.1 Å². The van der Waals surface area contributed by atoms with E-state index in [1.807, 2.05) is 17.4 Å². The fourth-order valence-electron chi connectivity index (χ4n) is 3.04. The minimum atomic E-state index is 1.04. The Bertz CT molecular complexity index is 1130. The van der Waals surface area contributed by atoms with Crippen LogP contribution in [0.3, 0.4) is 0 Å². The van der Waals surface area contributed by atoms with Crippen LogP contribution in [0.5, 0.6) is 0 Å². The van der Waals surface area contributed by atoms with Gasteiger partial charge in [-0.2, -0.15) is 5.10 Å². The highest BCUT2D eigenvalue weighted by atomic mass is 32.1. The number of hydrogen-bond donors (Lipinski definition) is 1. The predicted octanol–water partition coefficient (Wildman–Crippen LogP) is 5.60. The molecule has 104 valence electrons. The van der Waals surface area contributed by atoms with Gasteiger partial charge in [0.15, 0.2) is 0 Å². The van der Waals surface area contributed by atoms with E-state index in [1.54, 1.807) is 0 Å². The molecule has 2 nitrogen and oxygen atoms in total. The van der Waals surface area contributed by atoms with E-state index in [0.717, 1.165) is 11.2 Å². The minimum absolute atomic E-state index is 1.04. The minimum Gasteiger partial charge on any atom is -0.277 e. The maximum absolute atomic E-state index is 4.53. The van der Waals surface area contributed by atoms with Crippen LogP contribution in [0.15, 0.2) is 66.7 Å². The molecule has 0 saturated carbocycles. The molecule has 0 unspecified atom stereocenters. The molecule has 2 heterocycles. The molecule has 0 saturated heterocycles. The third-order valence-corrected chi connectivity index (χ3v) is 5.30. The molecular formula is C19H12N2S. The van der Waals surface area contributed by atoms with Crippen molar-refractivity contribution in [2.75, 3.05) is 0 Å². The second-order valence-electron chi connectivity index (χ2n) is 5.43. The highest BCUT2D eigenvalue weighted by Crippen LogP contribution is 2.39. The zero-order valence-corrected chi connectivity index (χ0v) is 12.5. The molecule has 22 heavy (non-hydrogen) atoms. The van der Waals surface area contributed by atoms with Crippen molar-refractivity contribution in [1.82, 2.24) is 10.2 Å². The number of aromatic nitrogens is 2. The van der Waals surface area contributed by atoms with Gasteiger partial charge in [0.1, 0.15) is 5.69 Å². The van der Waals surface area contributed by atoms with E-state index < -0.39 is 0 Å². The normalized spacial score (nSPS) is 11.6. The fourth-order valence-corrected chi connectivity index (χ4v) is 4.23. The summed E-state index contributed by atoms with van der Waals surface area (Å²) in [5.41, 5.74) is 2.13. The Morgan fingerprint density at radius 2 is 1.55 bits per heavy atom. The Morgan fingerprint density at radius 1 is 0.773 bits per heavy atom. The Labute approximate surface area is 131 Å². The molecule has 0 atom stereocenters. The van der Waals surface area contributed by atoms with E-state index in [0.29, 0.717) is 0 Å². The van der Waals surface area contributed by atoms with Gasteiger partial charge in [-0.3, -0.25) is 5.10 Å². The summed E-state index contributed by atoms with van der Waals surface area (Å²) in [6.45, 7) is 0. The third-order valence-electron chi connectivity index (χ3n) is 4.11. The number of nitrogens with one attached hydrogen (secondary N) is 1. The molecule has 1 N–H and O–H groups in total. The number of para-hydroxylation sites is 1. The van der Waals surface area contributed by atoms with E-state index in [9.17, 15) is 0 Å². The van der Waals surface area contributed by atoms with Crippen LogP contribution >= 0.6 is 11.3 Å². The van der Waals surface area contributed by atoms with Crippen LogP contribution in [0.2, 0.25) is 0 Å². The number of aromatic amines is 1. The maximum atomic E-state index is 4.53. The SMILES string of the molecule is c1ccc2c(c1)ccc1cc(-c3n[nH]c4ccccc34)sc12. The number of thiophene rings is 1. The number of rotatable bonds is 1. The molecule has 0 aliphatic carbocycles. The van der Waals surface area contributed by atoms with Gasteiger partial charge >= 0.3 is 0 Å². The molecule has 0 aliphatic rings. The summed E-state index contributed by atoms with van der Waals surface area (Å²) < 4.78 is 1.33. The molecule has 5 rings (SSSR count). The first-order chi connectivity index (χ1) is 10.9. The van der Waals surface area contributed by atoms with E-state index in [4.69, 9.17) is 0 Å². The Balaban J connectivity index is 1.83. The molecule has 0 fully saturated rings. The van der Waals surface area contributed by atoms with Crippen molar-refractivity contribution in [3.05, 3.63) is 66.7 Å². The molecule has 0 amide bonds. The molecule has 0 radical (unpaired) electrons.